The lowest BCUT2D eigenvalue weighted by atomic mass is 10.1. The SMILES string of the molecule is Cc1ccc(O)c(C)c1-n1c(N)c(C(N)=O)c2nc(-c3nc4ccccc4o3)cnc21. The molecule has 0 aliphatic heterocycles. The predicted octanol–water partition coefficient (Wildman–Crippen LogP) is 3.23. The average Bonchev–Trinajstić information content (AvgIpc) is 3.30. The molecule has 0 saturated carbocycles. The molecule has 0 radical (unpaired) electrons. The van der Waals surface area contributed by atoms with Crippen LogP contribution in [0.4, 0.5) is 5.82 Å². The smallest absolute Gasteiger partial charge is 0.254 e. The molecule has 0 atom stereocenters. The predicted molar refractivity (Wildman–Crippen MR) is 116 cm³/mol. The van der Waals surface area contributed by atoms with E-state index in [9.17, 15) is 9.90 Å². The van der Waals surface area contributed by atoms with Gasteiger partial charge in [-0.25, -0.2) is 15.0 Å². The number of nitrogens with zero attached hydrogens (tertiary/aromatic N) is 4. The van der Waals surface area contributed by atoms with E-state index in [4.69, 9.17) is 15.9 Å². The molecule has 154 valence electrons. The number of benzene rings is 2. The topological polar surface area (TPSA) is 146 Å². The number of phenols is 1. The molecule has 31 heavy (non-hydrogen) atoms. The first kappa shape index (κ1) is 18.6. The fraction of sp³-hybridized carbons (Fsp3) is 0.0909. The highest BCUT2D eigenvalue weighted by Crippen LogP contribution is 2.35. The van der Waals surface area contributed by atoms with Gasteiger partial charge in [-0.1, -0.05) is 18.2 Å². The number of aromatic hydroxyl groups is 1. The van der Waals surface area contributed by atoms with Crippen LogP contribution in [0.3, 0.4) is 0 Å². The lowest BCUT2D eigenvalue weighted by Crippen LogP contribution is -2.14. The van der Waals surface area contributed by atoms with Crippen LogP contribution in [0.1, 0.15) is 21.5 Å². The number of phenolic OH excluding ortho intramolecular Hbond substituents is 1. The first-order valence-electron chi connectivity index (χ1n) is 9.49. The quantitative estimate of drug-likeness (QED) is 0.411. The Labute approximate surface area is 176 Å². The second-order valence-electron chi connectivity index (χ2n) is 7.25. The van der Waals surface area contributed by atoms with Crippen molar-refractivity contribution in [2.45, 2.75) is 13.8 Å². The van der Waals surface area contributed by atoms with Crippen molar-refractivity contribution in [1.29, 1.82) is 0 Å². The van der Waals surface area contributed by atoms with Crippen LogP contribution in [0.5, 0.6) is 5.75 Å². The fourth-order valence-electron chi connectivity index (χ4n) is 3.78. The van der Waals surface area contributed by atoms with Gasteiger partial charge in [-0.3, -0.25) is 9.36 Å². The Bertz CT molecular complexity index is 1480. The summed E-state index contributed by atoms with van der Waals surface area (Å²) in [7, 11) is 0. The number of hydrogen-bond acceptors (Lipinski definition) is 7. The van der Waals surface area contributed by atoms with E-state index < -0.39 is 5.91 Å². The van der Waals surface area contributed by atoms with Crippen molar-refractivity contribution in [1.82, 2.24) is 19.5 Å². The lowest BCUT2D eigenvalue weighted by molar-refractivity contribution is 0.100. The molecule has 0 aliphatic rings. The number of rotatable bonds is 3. The molecule has 0 fully saturated rings. The van der Waals surface area contributed by atoms with E-state index >= 15 is 0 Å². The van der Waals surface area contributed by atoms with Gasteiger partial charge in [0.05, 0.1) is 11.9 Å². The molecule has 3 aromatic heterocycles. The summed E-state index contributed by atoms with van der Waals surface area (Å²) in [4.78, 5) is 25.8. The molecule has 0 spiro atoms. The molecule has 0 unspecified atom stereocenters. The van der Waals surface area contributed by atoms with Crippen LogP contribution in [0.15, 0.2) is 47.0 Å². The first-order chi connectivity index (χ1) is 14.9. The van der Waals surface area contributed by atoms with Crippen LogP contribution < -0.4 is 11.5 Å². The van der Waals surface area contributed by atoms with E-state index in [1.165, 1.54) is 6.20 Å². The summed E-state index contributed by atoms with van der Waals surface area (Å²) in [5.41, 5.74) is 16.3. The van der Waals surface area contributed by atoms with E-state index in [0.717, 1.165) is 5.56 Å². The zero-order chi connectivity index (χ0) is 21.9. The number of oxazole rings is 1. The third-order valence-electron chi connectivity index (χ3n) is 5.29. The summed E-state index contributed by atoms with van der Waals surface area (Å²) in [6.07, 6.45) is 1.50. The van der Waals surface area contributed by atoms with Crippen molar-refractivity contribution in [3.63, 3.8) is 0 Å². The molecule has 1 amide bonds. The number of para-hydroxylation sites is 2. The van der Waals surface area contributed by atoms with E-state index in [0.29, 0.717) is 33.7 Å². The van der Waals surface area contributed by atoms with Gasteiger partial charge in [-0.05, 0) is 37.6 Å². The van der Waals surface area contributed by atoms with Crippen LogP contribution in [0.25, 0.3) is 39.5 Å². The number of fused-ring (bicyclic) bond motifs is 2. The van der Waals surface area contributed by atoms with Crippen LogP contribution in [-0.2, 0) is 0 Å². The Hall–Kier alpha value is -4.40. The number of amides is 1. The standard InChI is InChI=1S/C22H18N6O3/c1-10-7-8-14(29)11(2)18(10)28-19(23)16(20(24)30)17-21(28)25-9-13(26-17)22-27-12-5-3-4-6-15(12)31-22/h3-9,29H,23H2,1-2H3,(H2,24,30). The van der Waals surface area contributed by atoms with E-state index in [2.05, 4.69) is 15.0 Å². The number of primary amides is 1. The lowest BCUT2D eigenvalue weighted by Gasteiger charge is -2.15. The van der Waals surface area contributed by atoms with Crippen molar-refractivity contribution in [3.8, 4) is 23.0 Å². The maximum Gasteiger partial charge on any atom is 0.254 e. The first-order valence-corrected chi connectivity index (χ1v) is 9.49. The fourth-order valence-corrected chi connectivity index (χ4v) is 3.78. The molecular formula is C22H18N6O3. The number of anilines is 1. The third-order valence-corrected chi connectivity index (χ3v) is 5.29. The van der Waals surface area contributed by atoms with Gasteiger partial charge in [0.1, 0.15) is 33.9 Å². The maximum atomic E-state index is 12.3. The molecule has 0 bridgehead atoms. The second-order valence-corrected chi connectivity index (χ2v) is 7.25. The number of nitrogen functional groups attached to an aromatic ring is 1. The number of nitrogens with two attached hydrogens (primary N) is 2. The molecule has 0 saturated heterocycles. The molecule has 2 aromatic carbocycles. The largest absolute Gasteiger partial charge is 0.508 e. The highest BCUT2D eigenvalue weighted by Gasteiger charge is 2.26. The summed E-state index contributed by atoms with van der Waals surface area (Å²) in [6, 6.07) is 10.7. The minimum absolute atomic E-state index is 0.0441. The molecule has 9 heteroatoms. The van der Waals surface area contributed by atoms with Gasteiger partial charge in [0.25, 0.3) is 5.91 Å². The number of hydrogen-bond donors (Lipinski definition) is 3. The van der Waals surface area contributed by atoms with Gasteiger partial charge in [-0.15, -0.1) is 0 Å². The van der Waals surface area contributed by atoms with Crippen molar-refractivity contribution >= 4 is 34.0 Å². The van der Waals surface area contributed by atoms with Crippen molar-refractivity contribution in [2.75, 3.05) is 5.73 Å². The van der Waals surface area contributed by atoms with Gasteiger partial charge in [-0.2, -0.15) is 0 Å². The molecular weight excluding hydrogens is 396 g/mol. The minimum atomic E-state index is -0.735. The van der Waals surface area contributed by atoms with Crippen molar-refractivity contribution < 1.29 is 14.3 Å². The Morgan fingerprint density at radius 3 is 2.65 bits per heavy atom. The molecule has 0 aliphatic carbocycles. The summed E-state index contributed by atoms with van der Waals surface area (Å²) in [6.45, 7) is 3.63. The van der Waals surface area contributed by atoms with E-state index in [1.807, 2.05) is 25.1 Å². The zero-order valence-electron chi connectivity index (χ0n) is 16.7. The Balaban J connectivity index is 1.81. The summed E-state index contributed by atoms with van der Waals surface area (Å²) >= 11 is 0. The van der Waals surface area contributed by atoms with Gasteiger partial charge in [0.15, 0.2) is 11.2 Å². The molecule has 5 aromatic rings. The van der Waals surface area contributed by atoms with Gasteiger partial charge >= 0.3 is 0 Å². The highest BCUT2D eigenvalue weighted by atomic mass is 16.3. The number of aromatic nitrogens is 4. The average molecular weight is 414 g/mol. The van der Waals surface area contributed by atoms with Crippen LogP contribution in [0.2, 0.25) is 0 Å². The van der Waals surface area contributed by atoms with Crippen LogP contribution >= 0.6 is 0 Å². The molecule has 9 nitrogen and oxygen atoms in total. The number of carbonyl (C=O) groups is 1. The number of aryl methyl sites for hydroxylation is 1. The zero-order valence-corrected chi connectivity index (χ0v) is 16.7. The Morgan fingerprint density at radius 2 is 1.90 bits per heavy atom. The summed E-state index contributed by atoms with van der Waals surface area (Å²) < 4.78 is 7.36. The maximum absolute atomic E-state index is 12.3. The molecule has 5 rings (SSSR count). The highest BCUT2D eigenvalue weighted by molar-refractivity contribution is 6.09. The Kier molecular flexibility index (Phi) is 3.94. The van der Waals surface area contributed by atoms with Gasteiger partial charge < -0.3 is 21.0 Å². The summed E-state index contributed by atoms with van der Waals surface area (Å²) in [5.74, 6) is -0.282. The van der Waals surface area contributed by atoms with Crippen molar-refractivity contribution in [2.24, 2.45) is 5.73 Å². The minimum Gasteiger partial charge on any atom is -0.508 e. The monoisotopic (exact) mass is 414 g/mol. The third kappa shape index (κ3) is 2.71. The van der Waals surface area contributed by atoms with Crippen molar-refractivity contribution in [3.05, 3.63) is 59.3 Å². The molecule has 5 N–H and O–H groups in total. The van der Waals surface area contributed by atoms with E-state index in [1.54, 1.807) is 29.7 Å². The Morgan fingerprint density at radius 1 is 1.13 bits per heavy atom. The van der Waals surface area contributed by atoms with Crippen LogP contribution in [0, 0.1) is 13.8 Å². The second kappa shape index (κ2) is 6.56. The normalized spacial score (nSPS) is 11.4. The van der Waals surface area contributed by atoms with E-state index in [-0.39, 0.29) is 28.5 Å². The van der Waals surface area contributed by atoms with Gasteiger partial charge in [0, 0.05) is 5.56 Å². The summed E-state index contributed by atoms with van der Waals surface area (Å²) in [5, 5.41) is 10.2. The number of carbonyl (C=O) groups excluding carboxylic acids is 1. The molecule has 3 heterocycles. The van der Waals surface area contributed by atoms with Crippen LogP contribution in [-0.4, -0.2) is 30.5 Å². The van der Waals surface area contributed by atoms with Gasteiger partial charge in [0.2, 0.25) is 5.89 Å².